The molecular weight excluding hydrogens is 713 g/mol. The zero-order valence-corrected chi connectivity index (χ0v) is 30.7. The average molecular weight is 752 g/mol. The Labute approximate surface area is 312 Å². The van der Waals surface area contributed by atoms with Gasteiger partial charge in [0.15, 0.2) is 6.61 Å². The van der Waals surface area contributed by atoms with E-state index >= 15 is 0 Å². The number of hydrogen-bond acceptors (Lipinski definition) is 10. The van der Waals surface area contributed by atoms with Crippen LogP contribution >= 0.6 is 18.6 Å². The highest BCUT2D eigenvalue weighted by atomic mass is 32.2. The molecule has 3 atom stereocenters. The molecule has 1 fully saturated rings. The normalized spacial score (nSPS) is 15.6. The maximum atomic E-state index is 14.7. The fraction of sp³-hybridized carbons (Fsp3) is 0.171. The van der Waals surface area contributed by atoms with Gasteiger partial charge >= 0.3 is 12.1 Å². The molecule has 1 amide bonds. The molecule has 0 radical (unpaired) electrons. The molecule has 4 aromatic carbocycles. The molecule has 0 N–H and O–H groups in total. The molecule has 0 aromatic heterocycles. The minimum atomic E-state index is -3.28. The molecular formula is C41H38NO9PS. The number of thioether (sulfide) groups is 1. The van der Waals surface area contributed by atoms with Gasteiger partial charge in [-0.1, -0.05) is 128 Å². The quantitative estimate of drug-likeness (QED) is 0.0477. The summed E-state index contributed by atoms with van der Waals surface area (Å²) in [6.07, 6.45) is 1.42. The lowest BCUT2D eigenvalue weighted by molar-refractivity contribution is -0.152. The smallest absolute Gasteiger partial charge is 0.485 e. The number of amides is 1. The van der Waals surface area contributed by atoms with Gasteiger partial charge in [-0.3, -0.25) is 19.3 Å². The van der Waals surface area contributed by atoms with Gasteiger partial charge in [-0.2, -0.15) is 0 Å². The topological polar surface area (TPSA) is 126 Å². The van der Waals surface area contributed by atoms with Crippen molar-refractivity contribution in [2.45, 2.75) is 18.4 Å². The summed E-state index contributed by atoms with van der Waals surface area (Å²) in [6.45, 7) is 4.83. The van der Waals surface area contributed by atoms with E-state index < -0.39 is 54.0 Å². The van der Waals surface area contributed by atoms with Crippen molar-refractivity contribution in [3.63, 3.8) is 0 Å². The Morgan fingerprint density at radius 1 is 0.792 bits per heavy atom. The van der Waals surface area contributed by atoms with Gasteiger partial charge in [0.2, 0.25) is 11.0 Å². The monoisotopic (exact) mass is 751 g/mol. The third-order valence-electron chi connectivity index (χ3n) is 8.31. The fourth-order valence-electron chi connectivity index (χ4n) is 5.97. The molecule has 1 saturated heterocycles. The number of ether oxygens (including phenoxy) is 4. The van der Waals surface area contributed by atoms with Crippen LogP contribution in [-0.4, -0.2) is 71.0 Å². The Kier molecular flexibility index (Phi) is 13.3. The van der Waals surface area contributed by atoms with Crippen LogP contribution in [0.25, 0.3) is 0 Å². The van der Waals surface area contributed by atoms with Crippen LogP contribution in [0.3, 0.4) is 0 Å². The van der Waals surface area contributed by atoms with Gasteiger partial charge in [-0.25, -0.2) is 9.59 Å². The molecule has 0 unspecified atom stereocenters. The van der Waals surface area contributed by atoms with Crippen LogP contribution in [0.15, 0.2) is 141 Å². The van der Waals surface area contributed by atoms with E-state index in [1.807, 2.05) is 91.0 Å². The van der Waals surface area contributed by atoms with E-state index in [0.717, 1.165) is 27.7 Å². The molecule has 53 heavy (non-hydrogen) atoms. The minimum absolute atomic E-state index is 0.0429. The molecule has 0 aliphatic carbocycles. The van der Waals surface area contributed by atoms with Crippen LogP contribution in [0.1, 0.15) is 17.3 Å². The van der Waals surface area contributed by atoms with Crippen molar-refractivity contribution < 1.29 is 42.9 Å². The lowest BCUT2D eigenvalue weighted by atomic mass is 9.92. The third-order valence-corrected chi connectivity index (χ3v) is 13.7. The van der Waals surface area contributed by atoms with E-state index in [1.165, 1.54) is 24.0 Å². The number of esters is 1. The summed E-state index contributed by atoms with van der Waals surface area (Å²) in [6, 6.07) is 34.5. The first kappa shape index (κ1) is 38.6. The minimum Gasteiger partial charge on any atom is -0.485 e. The van der Waals surface area contributed by atoms with Crippen LogP contribution in [0, 0.1) is 5.92 Å². The van der Waals surface area contributed by atoms with Crippen molar-refractivity contribution in [3.8, 4) is 5.75 Å². The Morgan fingerprint density at radius 2 is 1.30 bits per heavy atom. The summed E-state index contributed by atoms with van der Waals surface area (Å²) >= 11 is 0.784. The molecule has 4 aromatic rings. The number of β-lactam (4-membered cyclic amide) rings is 1. The maximum absolute atomic E-state index is 14.7. The van der Waals surface area contributed by atoms with Crippen LogP contribution in [0.4, 0.5) is 4.79 Å². The highest BCUT2D eigenvalue weighted by Gasteiger charge is 2.57. The summed E-state index contributed by atoms with van der Waals surface area (Å²) in [4.78, 5) is 68.0. The molecule has 1 aliphatic rings. The molecule has 5 rings (SSSR count). The van der Waals surface area contributed by atoms with Gasteiger partial charge in [-0.05, 0) is 47.1 Å². The molecule has 1 heterocycles. The summed E-state index contributed by atoms with van der Waals surface area (Å²) in [5.74, 6) is -2.04. The first-order valence-electron chi connectivity index (χ1n) is 16.6. The fourth-order valence-corrected chi connectivity index (χ4v) is 11.6. The predicted molar refractivity (Wildman–Crippen MR) is 207 cm³/mol. The van der Waals surface area contributed by atoms with Gasteiger partial charge in [0.1, 0.15) is 48.1 Å². The Hall–Kier alpha value is -5.64. The first-order valence-corrected chi connectivity index (χ1v) is 19.3. The number of aldehydes is 1. The van der Waals surface area contributed by atoms with E-state index in [4.69, 9.17) is 18.9 Å². The second-order valence-corrected chi connectivity index (χ2v) is 16.1. The van der Waals surface area contributed by atoms with Crippen molar-refractivity contribution in [1.82, 2.24) is 4.90 Å². The highest BCUT2D eigenvalue weighted by Crippen LogP contribution is 2.51. The number of rotatable bonds is 16. The van der Waals surface area contributed by atoms with Crippen LogP contribution in [-0.2, 0) is 28.6 Å². The molecule has 0 spiro atoms. The number of hydrogen-bond donors (Lipinski definition) is 0. The number of carbonyl (C=O) groups excluding carboxylic acids is 5. The van der Waals surface area contributed by atoms with E-state index in [-0.39, 0.29) is 18.6 Å². The van der Waals surface area contributed by atoms with Crippen molar-refractivity contribution in [3.05, 3.63) is 146 Å². The number of likely N-dealkylation sites (tertiary alicyclic amines) is 1. The molecule has 0 bridgehead atoms. The van der Waals surface area contributed by atoms with Gasteiger partial charge in [0.05, 0.1) is 0 Å². The Morgan fingerprint density at radius 3 is 1.79 bits per heavy atom. The molecule has 272 valence electrons. The lowest BCUT2D eigenvalue weighted by Gasteiger charge is -2.50. The zero-order chi connectivity index (χ0) is 37.8. The van der Waals surface area contributed by atoms with Gasteiger partial charge in [-0.15, -0.1) is 0 Å². The largest absolute Gasteiger partial charge is 0.508 e. The van der Waals surface area contributed by atoms with Crippen molar-refractivity contribution in [1.29, 1.82) is 0 Å². The van der Waals surface area contributed by atoms with E-state index in [2.05, 4.69) is 13.2 Å². The summed E-state index contributed by atoms with van der Waals surface area (Å²) < 4.78 is 22.1. The molecule has 12 heteroatoms. The second-order valence-electron chi connectivity index (χ2n) is 11.7. The Balaban J connectivity index is 1.71. The number of benzene rings is 4. The SMILES string of the molecule is C=CCOC(=O)O[C@H](C)[C@H]1C(=O)N(C(C(=O)OCC=C)=P(c2ccccc2)(c2ccccc2)c2ccccc2)[C@@H]1SC(=O)COc1ccc(C=O)cc1. The number of carbonyl (C=O) groups is 5. The summed E-state index contributed by atoms with van der Waals surface area (Å²) in [5, 5.41) is 0.761. The standard InChI is InChI=1S/C41H38NO9PS/c1-4-25-48-40(46)38(52(32-15-9-6-10-16-32,33-17-11-7-12-18-33)34-19-13-8-14-20-34)42-37(45)36(29(3)51-41(47)49-26-5-2)39(42)53-35(44)28-50-31-23-21-30(27-43)22-24-31/h4-24,27,29,36,39H,1-2,25-26,28H2,3H3/t29-,36+,39-/m1/s1. The average Bonchev–Trinajstić information content (AvgIpc) is 3.19. The van der Waals surface area contributed by atoms with E-state index in [0.29, 0.717) is 17.6 Å². The Bertz CT molecular complexity index is 1900. The van der Waals surface area contributed by atoms with Crippen molar-refractivity contribution >= 4 is 69.4 Å². The summed E-state index contributed by atoms with van der Waals surface area (Å²) in [7, 11) is 0. The third kappa shape index (κ3) is 8.54. The van der Waals surface area contributed by atoms with Gasteiger partial charge in [0.25, 0.3) is 0 Å². The lowest BCUT2D eigenvalue weighted by Crippen LogP contribution is -2.67. The van der Waals surface area contributed by atoms with Gasteiger partial charge < -0.3 is 18.9 Å². The molecule has 1 aliphatic heterocycles. The second kappa shape index (κ2) is 18.2. The van der Waals surface area contributed by atoms with Crippen molar-refractivity contribution in [2.75, 3.05) is 19.8 Å². The maximum Gasteiger partial charge on any atom is 0.508 e. The van der Waals surface area contributed by atoms with E-state index in [9.17, 15) is 24.0 Å². The number of nitrogens with zero attached hydrogens (tertiary/aromatic N) is 1. The summed E-state index contributed by atoms with van der Waals surface area (Å²) in [5.41, 5.74) is 0.486. The zero-order valence-electron chi connectivity index (χ0n) is 28.9. The van der Waals surface area contributed by atoms with Crippen LogP contribution in [0.5, 0.6) is 5.75 Å². The van der Waals surface area contributed by atoms with Crippen LogP contribution in [0.2, 0.25) is 0 Å². The van der Waals surface area contributed by atoms with Crippen molar-refractivity contribution in [2.24, 2.45) is 5.92 Å². The predicted octanol–water partition coefficient (Wildman–Crippen LogP) is 5.50. The first-order chi connectivity index (χ1) is 25.8. The molecule has 10 nitrogen and oxygen atoms in total. The van der Waals surface area contributed by atoms with Crippen LogP contribution < -0.4 is 20.7 Å². The highest BCUT2D eigenvalue weighted by molar-refractivity contribution is 8.14. The van der Waals surface area contributed by atoms with E-state index in [1.54, 1.807) is 24.3 Å². The van der Waals surface area contributed by atoms with Gasteiger partial charge in [0, 0.05) is 12.4 Å². The molecule has 0 saturated carbocycles.